The first-order valence-corrected chi connectivity index (χ1v) is 5.84. The molecule has 0 aliphatic carbocycles. The van der Waals surface area contributed by atoms with Crippen LogP contribution in [0, 0.1) is 5.92 Å². The number of benzene rings is 1. The number of ether oxygens (including phenoxy) is 1. The van der Waals surface area contributed by atoms with Crippen molar-refractivity contribution in [3.05, 3.63) is 35.9 Å². The first-order valence-electron chi connectivity index (χ1n) is 7.84. The molecule has 1 heterocycles. The quantitative estimate of drug-likeness (QED) is 0.816. The van der Waals surface area contributed by atoms with Crippen molar-refractivity contribution >= 4 is 5.97 Å². The van der Waals surface area contributed by atoms with Crippen LogP contribution >= 0.6 is 0 Å². The second kappa shape index (κ2) is 6.40. The fraction of sp³-hybridized carbons (Fsp3) is 0.500. The minimum atomic E-state index is -2.66. The lowest BCUT2D eigenvalue weighted by molar-refractivity contribution is 0.0476. The zero-order valence-electron chi connectivity index (χ0n) is 13.6. The van der Waals surface area contributed by atoms with Gasteiger partial charge in [-0.05, 0) is 50.4 Å². The van der Waals surface area contributed by atoms with E-state index in [1.165, 1.54) is 12.1 Å². The molecule has 1 aromatic carbocycles. The highest BCUT2D eigenvalue weighted by Crippen LogP contribution is 2.15. The summed E-state index contributed by atoms with van der Waals surface area (Å²) >= 11 is 0. The van der Waals surface area contributed by atoms with E-state index in [9.17, 15) is 4.79 Å². The van der Waals surface area contributed by atoms with Gasteiger partial charge >= 0.3 is 5.97 Å². The Bertz CT molecular complexity index is 487. The van der Waals surface area contributed by atoms with Crippen molar-refractivity contribution < 1.29 is 15.0 Å². The number of nitrogens with one attached hydrogen (secondary N) is 1. The van der Waals surface area contributed by atoms with Crippen molar-refractivity contribution in [1.82, 2.24) is 5.32 Å². The molecule has 1 aromatic rings. The van der Waals surface area contributed by atoms with Gasteiger partial charge in [-0.15, -0.1) is 0 Å². The molecule has 1 N–H and O–H groups in total. The fourth-order valence-corrected chi connectivity index (χ4v) is 1.76. The Morgan fingerprint density at radius 3 is 2.76 bits per heavy atom. The molecule has 17 heavy (non-hydrogen) atoms. The SMILES string of the molecule is [2H]C([2H])(OC(=O)c1ccccc1)C([2H])([2H])C1CCNCC1. The Morgan fingerprint density at radius 2 is 2.06 bits per heavy atom. The summed E-state index contributed by atoms with van der Waals surface area (Å²) in [7, 11) is 0. The highest BCUT2D eigenvalue weighted by atomic mass is 16.5. The van der Waals surface area contributed by atoms with Crippen LogP contribution < -0.4 is 5.32 Å². The molecule has 0 amide bonds. The van der Waals surface area contributed by atoms with Crippen LogP contribution in [0.2, 0.25) is 0 Å². The summed E-state index contributed by atoms with van der Waals surface area (Å²) in [6.45, 7) is -1.37. The summed E-state index contributed by atoms with van der Waals surface area (Å²) in [5.41, 5.74) is 0.211. The van der Waals surface area contributed by atoms with Gasteiger partial charge in [0, 0.05) is 2.74 Å². The molecule has 0 atom stereocenters. The largest absolute Gasteiger partial charge is 0.462 e. The Labute approximate surface area is 108 Å². The molecule has 3 nitrogen and oxygen atoms in total. The summed E-state index contributed by atoms with van der Waals surface area (Å²) in [6, 6.07) is 8.05. The first kappa shape index (κ1) is 7.88. The van der Waals surface area contributed by atoms with Gasteiger partial charge < -0.3 is 10.1 Å². The summed E-state index contributed by atoms with van der Waals surface area (Å²) in [4.78, 5) is 11.9. The van der Waals surface area contributed by atoms with E-state index in [0.29, 0.717) is 25.9 Å². The Morgan fingerprint density at radius 1 is 1.35 bits per heavy atom. The molecular formula is C14H19NO2. The molecule has 1 saturated heterocycles. The van der Waals surface area contributed by atoms with Gasteiger partial charge in [0.2, 0.25) is 0 Å². The van der Waals surface area contributed by atoms with Crippen LogP contribution in [0.15, 0.2) is 30.3 Å². The van der Waals surface area contributed by atoms with Crippen LogP contribution in [0.1, 0.15) is 35.1 Å². The van der Waals surface area contributed by atoms with Gasteiger partial charge in [0.25, 0.3) is 0 Å². The molecule has 0 spiro atoms. The number of hydrogen-bond donors (Lipinski definition) is 1. The normalized spacial score (nSPS) is 21.9. The van der Waals surface area contributed by atoms with Crippen molar-refractivity contribution in [1.29, 1.82) is 0 Å². The Kier molecular flexibility index (Phi) is 2.97. The molecule has 0 unspecified atom stereocenters. The number of esters is 1. The van der Waals surface area contributed by atoms with Gasteiger partial charge in [0.05, 0.1) is 14.9 Å². The van der Waals surface area contributed by atoms with E-state index in [1.54, 1.807) is 18.2 Å². The maximum atomic E-state index is 11.9. The van der Waals surface area contributed by atoms with Crippen LogP contribution in [-0.2, 0) is 4.74 Å². The van der Waals surface area contributed by atoms with E-state index in [1.807, 2.05) is 0 Å². The zero-order chi connectivity index (χ0) is 15.5. The molecule has 0 aromatic heterocycles. The average Bonchev–Trinajstić information content (AvgIpc) is 2.48. The van der Waals surface area contributed by atoms with Crippen LogP contribution in [0.3, 0.4) is 0 Å². The van der Waals surface area contributed by atoms with Crippen LogP contribution in [0.5, 0.6) is 0 Å². The number of carbonyl (C=O) groups excluding carboxylic acids is 1. The van der Waals surface area contributed by atoms with E-state index < -0.39 is 24.8 Å². The number of carbonyl (C=O) groups is 1. The number of rotatable bonds is 4. The number of piperidine rings is 1. The van der Waals surface area contributed by atoms with E-state index in [4.69, 9.17) is 10.2 Å². The molecule has 0 bridgehead atoms. The monoisotopic (exact) mass is 237 g/mol. The lowest BCUT2D eigenvalue weighted by Gasteiger charge is -2.22. The smallest absolute Gasteiger partial charge is 0.338 e. The second-order valence-electron chi connectivity index (χ2n) is 4.03. The fourth-order valence-electron chi connectivity index (χ4n) is 1.76. The summed E-state index contributed by atoms with van der Waals surface area (Å²) in [5, 5.41) is 3.11. The minimum absolute atomic E-state index is 0.211. The summed E-state index contributed by atoms with van der Waals surface area (Å²) in [5.74, 6) is -1.32. The first-order chi connectivity index (χ1) is 9.84. The second-order valence-corrected chi connectivity index (χ2v) is 4.03. The van der Waals surface area contributed by atoms with Gasteiger partial charge in [0.1, 0.15) is 0 Å². The Balaban J connectivity index is 2.11. The molecule has 1 fully saturated rings. The maximum absolute atomic E-state index is 11.9. The third-order valence-electron chi connectivity index (χ3n) is 2.76. The maximum Gasteiger partial charge on any atom is 0.338 e. The lowest BCUT2D eigenvalue weighted by Crippen LogP contribution is -2.28. The number of hydrogen-bond acceptors (Lipinski definition) is 3. The molecule has 0 radical (unpaired) electrons. The van der Waals surface area contributed by atoms with Gasteiger partial charge in [-0.2, -0.15) is 0 Å². The van der Waals surface area contributed by atoms with Crippen molar-refractivity contribution in [2.75, 3.05) is 19.6 Å². The predicted molar refractivity (Wildman–Crippen MR) is 66.9 cm³/mol. The highest BCUT2D eigenvalue weighted by Gasteiger charge is 2.13. The zero-order valence-corrected chi connectivity index (χ0v) is 9.61. The van der Waals surface area contributed by atoms with Crippen molar-refractivity contribution in [3.8, 4) is 0 Å². The van der Waals surface area contributed by atoms with Gasteiger partial charge in [0.15, 0.2) is 0 Å². The van der Waals surface area contributed by atoms with Crippen molar-refractivity contribution in [3.63, 3.8) is 0 Å². The third kappa shape index (κ3) is 3.86. The highest BCUT2D eigenvalue weighted by molar-refractivity contribution is 5.89. The van der Waals surface area contributed by atoms with Crippen LogP contribution in [0.25, 0.3) is 0 Å². The summed E-state index contributed by atoms with van der Waals surface area (Å²) < 4.78 is 36.7. The van der Waals surface area contributed by atoms with E-state index in [0.717, 1.165) is 0 Å². The molecule has 1 aliphatic heterocycles. The van der Waals surface area contributed by atoms with Crippen molar-refractivity contribution in [2.24, 2.45) is 5.92 Å². The van der Waals surface area contributed by atoms with Crippen LogP contribution in [0.4, 0.5) is 0 Å². The summed E-state index contributed by atoms with van der Waals surface area (Å²) in [6.07, 6.45) is -1.18. The topological polar surface area (TPSA) is 38.3 Å². The van der Waals surface area contributed by atoms with Gasteiger partial charge in [-0.25, -0.2) is 4.79 Å². The molecule has 2 rings (SSSR count). The van der Waals surface area contributed by atoms with Gasteiger partial charge in [-0.1, -0.05) is 18.2 Å². The average molecular weight is 237 g/mol. The molecular weight excluding hydrogens is 214 g/mol. The third-order valence-corrected chi connectivity index (χ3v) is 2.76. The van der Waals surface area contributed by atoms with E-state index >= 15 is 0 Å². The van der Waals surface area contributed by atoms with E-state index in [-0.39, 0.29) is 5.56 Å². The lowest BCUT2D eigenvalue weighted by atomic mass is 9.95. The molecule has 0 saturated carbocycles. The molecule has 1 aliphatic rings. The van der Waals surface area contributed by atoms with E-state index in [2.05, 4.69) is 5.32 Å². The molecule has 3 heteroatoms. The Hall–Kier alpha value is -1.35. The molecule has 92 valence electrons. The minimum Gasteiger partial charge on any atom is -0.462 e. The van der Waals surface area contributed by atoms with Crippen LogP contribution in [-0.4, -0.2) is 25.6 Å². The van der Waals surface area contributed by atoms with Crippen molar-refractivity contribution in [2.45, 2.75) is 19.2 Å². The van der Waals surface area contributed by atoms with Gasteiger partial charge in [-0.3, -0.25) is 0 Å². The standard InChI is InChI=1S/C14H19NO2/c16-14(13-4-2-1-3-5-13)17-11-8-12-6-9-15-10-7-12/h1-5,12,15H,6-11H2/i8D2,11D2. The predicted octanol–water partition coefficient (Wildman–Crippen LogP) is 2.23.